The summed E-state index contributed by atoms with van der Waals surface area (Å²) in [4.78, 5) is 20.8. The van der Waals surface area contributed by atoms with Crippen LogP contribution in [0.1, 0.15) is 18.4 Å². The van der Waals surface area contributed by atoms with E-state index in [1.807, 2.05) is 6.07 Å². The number of amides is 1. The number of nitro groups is 1. The summed E-state index contributed by atoms with van der Waals surface area (Å²) in [5.74, 6) is -0.324. The van der Waals surface area contributed by atoms with Gasteiger partial charge in [-0.25, -0.2) is 0 Å². The predicted molar refractivity (Wildman–Crippen MR) is 70.9 cm³/mol. The van der Waals surface area contributed by atoms with Crippen LogP contribution in [-0.4, -0.2) is 17.4 Å². The summed E-state index contributed by atoms with van der Waals surface area (Å²) in [5.41, 5.74) is 5.88. The number of hydrogen-bond donors (Lipinski definition) is 2. The molecule has 0 saturated heterocycles. The topological polar surface area (TPSA) is 98.3 Å². The maximum Gasteiger partial charge on any atom is 0.270 e. The fourth-order valence-electron chi connectivity index (χ4n) is 1.46. The van der Waals surface area contributed by atoms with E-state index in [2.05, 4.69) is 21.2 Å². The summed E-state index contributed by atoms with van der Waals surface area (Å²) in [6, 6.07) is 4.79. The Labute approximate surface area is 113 Å². The second-order valence-corrected chi connectivity index (χ2v) is 4.74. The number of rotatable bonds is 7. The first-order valence-electron chi connectivity index (χ1n) is 5.42. The highest BCUT2D eigenvalue weighted by molar-refractivity contribution is 9.10. The minimum Gasteiger partial charge on any atom is -0.370 e. The number of benzene rings is 1. The molecule has 1 amide bonds. The lowest BCUT2D eigenvalue weighted by atomic mass is 10.2. The van der Waals surface area contributed by atoms with Crippen molar-refractivity contribution in [3.63, 3.8) is 0 Å². The normalized spacial score (nSPS) is 10.3. The van der Waals surface area contributed by atoms with Gasteiger partial charge in [0.05, 0.1) is 4.92 Å². The molecule has 0 aliphatic heterocycles. The van der Waals surface area contributed by atoms with Crippen LogP contribution < -0.4 is 11.1 Å². The van der Waals surface area contributed by atoms with Gasteiger partial charge in [-0.3, -0.25) is 14.9 Å². The number of halogens is 1. The van der Waals surface area contributed by atoms with Crippen molar-refractivity contribution in [2.45, 2.75) is 19.4 Å². The van der Waals surface area contributed by atoms with E-state index in [0.29, 0.717) is 30.4 Å². The third-order valence-electron chi connectivity index (χ3n) is 2.26. The van der Waals surface area contributed by atoms with E-state index in [-0.39, 0.29) is 11.6 Å². The number of nitrogens with zero attached hydrogens (tertiary/aromatic N) is 1. The van der Waals surface area contributed by atoms with E-state index in [0.717, 1.165) is 5.56 Å². The smallest absolute Gasteiger partial charge is 0.270 e. The van der Waals surface area contributed by atoms with Crippen molar-refractivity contribution in [2.75, 3.05) is 6.54 Å². The summed E-state index contributed by atoms with van der Waals surface area (Å²) in [7, 11) is 0. The molecule has 0 radical (unpaired) electrons. The van der Waals surface area contributed by atoms with Crippen molar-refractivity contribution in [1.29, 1.82) is 0 Å². The van der Waals surface area contributed by atoms with Gasteiger partial charge in [0, 0.05) is 29.6 Å². The third-order valence-corrected chi connectivity index (χ3v) is 2.72. The molecule has 0 atom stereocenters. The van der Waals surface area contributed by atoms with Gasteiger partial charge in [-0.1, -0.05) is 15.9 Å². The fourth-order valence-corrected chi connectivity index (χ4v) is 1.99. The molecule has 0 aliphatic rings. The number of carbonyl (C=O) groups is 1. The summed E-state index contributed by atoms with van der Waals surface area (Å²) in [6.07, 6.45) is 0.997. The van der Waals surface area contributed by atoms with Crippen LogP contribution in [0.5, 0.6) is 0 Å². The summed E-state index contributed by atoms with van der Waals surface area (Å²) in [5, 5.41) is 13.8. The first-order chi connectivity index (χ1) is 8.49. The molecule has 0 heterocycles. The Morgan fingerprint density at radius 3 is 2.78 bits per heavy atom. The Kier molecular flexibility index (Phi) is 5.73. The molecular weight excluding hydrogens is 302 g/mol. The van der Waals surface area contributed by atoms with E-state index in [4.69, 9.17) is 5.73 Å². The largest absolute Gasteiger partial charge is 0.370 e. The van der Waals surface area contributed by atoms with Crippen LogP contribution >= 0.6 is 15.9 Å². The number of primary amides is 1. The van der Waals surface area contributed by atoms with Gasteiger partial charge < -0.3 is 11.1 Å². The van der Waals surface area contributed by atoms with Crippen LogP contribution in [0.3, 0.4) is 0 Å². The number of carbonyl (C=O) groups excluding carboxylic acids is 1. The lowest BCUT2D eigenvalue weighted by Gasteiger charge is -2.05. The molecule has 0 aromatic heterocycles. The number of nitrogens with two attached hydrogens (primary N) is 1. The average molecular weight is 316 g/mol. The summed E-state index contributed by atoms with van der Waals surface area (Å²) < 4.78 is 0.672. The van der Waals surface area contributed by atoms with Crippen molar-refractivity contribution in [3.8, 4) is 0 Å². The number of nitro benzene ring substituents is 1. The minimum absolute atomic E-state index is 0.0540. The van der Waals surface area contributed by atoms with Crippen LogP contribution in [0.2, 0.25) is 0 Å². The number of non-ortho nitro benzene ring substituents is 1. The molecule has 18 heavy (non-hydrogen) atoms. The first kappa shape index (κ1) is 14.6. The maximum atomic E-state index is 10.7. The maximum absolute atomic E-state index is 10.7. The molecule has 0 saturated carbocycles. The third kappa shape index (κ3) is 5.24. The number of nitrogens with one attached hydrogen (secondary N) is 1. The van der Waals surface area contributed by atoms with Gasteiger partial charge >= 0.3 is 0 Å². The SMILES string of the molecule is NC(=O)CCCNCc1cc(Br)cc([N+](=O)[O-])c1. The van der Waals surface area contributed by atoms with Crippen LogP contribution in [-0.2, 0) is 11.3 Å². The lowest BCUT2D eigenvalue weighted by molar-refractivity contribution is -0.385. The van der Waals surface area contributed by atoms with Crippen molar-refractivity contribution < 1.29 is 9.72 Å². The van der Waals surface area contributed by atoms with Crippen LogP contribution in [0.4, 0.5) is 5.69 Å². The zero-order valence-electron chi connectivity index (χ0n) is 9.69. The van der Waals surface area contributed by atoms with Crippen molar-refractivity contribution in [1.82, 2.24) is 5.32 Å². The van der Waals surface area contributed by atoms with Gasteiger partial charge in [0.25, 0.3) is 5.69 Å². The molecule has 0 bridgehead atoms. The Morgan fingerprint density at radius 1 is 1.44 bits per heavy atom. The Balaban J connectivity index is 2.47. The van der Waals surface area contributed by atoms with Gasteiger partial charge in [0.1, 0.15) is 0 Å². The van der Waals surface area contributed by atoms with E-state index < -0.39 is 4.92 Å². The van der Waals surface area contributed by atoms with Gasteiger partial charge in [0.15, 0.2) is 0 Å². The highest BCUT2D eigenvalue weighted by atomic mass is 79.9. The molecule has 7 heteroatoms. The minimum atomic E-state index is -0.429. The lowest BCUT2D eigenvalue weighted by Crippen LogP contribution is -2.18. The van der Waals surface area contributed by atoms with Gasteiger partial charge in [0.2, 0.25) is 5.91 Å². The van der Waals surface area contributed by atoms with Crippen LogP contribution in [0.25, 0.3) is 0 Å². The van der Waals surface area contributed by atoms with Gasteiger partial charge in [-0.2, -0.15) is 0 Å². The highest BCUT2D eigenvalue weighted by Crippen LogP contribution is 2.21. The second kappa shape index (κ2) is 7.07. The molecule has 1 aromatic carbocycles. The standard InChI is InChI=1S/C11H14BrN3O3/c12-9-4-8(5-10(6-9)15(17)18)7-14-3-1-2-11(13)16/h4-6,14H,1-3,7H2,(H2,13,16). The number of hydrogen-bond acceptors (Lipinski definition) is 4. The second-order valence-electron chi connectivity index (χ2n) is 3.82. The zero-order chi connectivity index (χ0) is 13.5. The average Bonchev–Trinajstić information content (AvgIpc) is 2.27. The Bertz CT molecular complexity index is 451. The predicted octanol–water partition coefficient (Wildman–Crippen LogP) is 1.71. The van der Waals surface area contributed by atoms with Crippen molar-refractivity contribution in [2.24, 2.45) is 5.73 Å². The van der Waals surface area contributed by atoms with E-state index in [1.54, 1.807) is 0 Å². The first-order valence-corrected chi connectivity index (χ1v) is 6.21. The van der Waals surface area contributed by atoms with Crippen LogP contribution in [0, 0.1) is 10.1 Å². The molecule has 98 valence electrons. The van der Waals surface area contributed by atoms with Crippen molar-refractivity contribution >= 4 is 27.5 Å². The Hall–Kier alpha value is -1.47. The molecular formula is C11H14BrN3O3. The van der Waals surface area contributed by atoms with E-state index in [1.165, 1.54) is 12.1 Å². The van der Waals surface area contributed by atoms with Crippen LogP contribution in [0.15, 0.2) is 22.7 Å². The molecule has 0 aliphatic carbocycles. The van der Waals surface area contributed by atoms with E-state index >= 15 is 0 Å². The monoisotopic (exact) mass is 315 g/mol. The highest BCUT2D eigenvalue weighted by Gasteiger charge is 2.08. The van der Waals surface area contributed by atoms with Gasteiger partial charge in [-0.15, -0.1) is 0 Å². The molecule has 0 fully saturated rings. The molecule has 3 N–H and O–H groups in total. The molecule has 0 spiro atoms. The summed E-state index contributed by atoms with van der Waals surface area (Å²) >= 11 is 3.23. The fraction of sp³-hybridized carbons (Fsp3) is 0.364. The molecule has 0 unspecified atom stereocenters. The van der Waals surface area contributed by atoms with E-state index in [9.17, 15) is 14.9 Å². The Morgan fingerprint density at radius 2 is 2.17 bits per heavy atom. The molecule has 6 nitrogen and oxygen atoms in total. The quantitative estimate of drug-likeness (QED) is 0.454. The molecule has 1 aromatic rings. The van der Waals surface area contributed by atoms with Gasteiger partial charge in [-0.05, 0) is 24.6 Å². The zero-order valence-corrected chi connectivity index (χ0v) is 11.3. The molecule has 1 rings (SSSR count). The van der Waals surface area contributed by atoms with Crippen molar-refractivity contribution in [3.05, 3.63) is 38.3 Å². The summed E-state index contributed by atoms with van der Waals surface area (Å²) in [6.45, 7) is 1.16.